The summed E-state index contributed by atoms with van der Waals surface area (Å²) in [4.78, 5) is 25.1. The van der Waals surface area contributed by atoms with Crippen molar-refractivity contribution in [1.29, 1.82) is 0 Å². The topological polar surface area (TPSA) is 57.6 Å². The predicted octanol–water partition coefficient (Wildman–Crippen LogP) is 3.03. The Bertz CT molecular complexity index is 633. The van der Waals surface area contributed by atoms with E-state index in [0.717, 1.165) is 22.6 Å². The molecule has 2 aromatic rings. The van der Waals surface area contributed by atoms with E-state index in [1.165, 1.54) is 11.0 Å². The van der Waals surface area contributed by atoms with Crippen molar-refractivity contribution in [2.45, 2.75) is 6.92 Å². The third kappa shape index (κ3) is 2.82. The van der Waals surface area contributed by atoms with Crippen LogP contribution >= 0.6 is 11.3 Å². The Morgan fingerprint density at radius 2 is 1.84 bits per heavy atom. The third-order valence-electron chi connectivity index (χ3n) is 2.72. The normalized spacial score (nSPS) is 10.2. The number of carbonyl (C=O) groups excluding carboxylic acids is 1. The molecular formula is C14H13NO3S. The van der Waals surface area contributed by atoms with Gasteiger partial charge in [0.05, 0.1) is 4.88 Å². The number of anilines is 1. The van der Waals surface area contributed by atoms with Crippen LogP contribution in [0.3, 0.4) is 0 Å². The van der Waals surface area contributed by atoms with Crippen LogP contribution in [0, 0.1) is 6.92 Å². The number of hydrogen-bond donors (Lipinski definition) is 1. The number of nitrogens with zero attached hydrogens (tertiary/aromatic N) is 1. The molecule has 1 N–H and O–H groups in total. The maximum Gasteiger partial charge on any atom is 0.345 e. The molecule has 19 heavy (non-hydrogen) atoms. The van der Waals surface area contributed by atoms with Crippen LogP contribution in [0.4, 0.5) is 5.69 Å². The highest BCUT2D eigenvalue weighted by molar-refractivity contribution is 7.16. The van der Waals surface area contributed by atoms with E-state index in [-0.39, 0.29) is 10.8 Å². The average Bonchev–Trinajstić information content (AvgIpc) is 2.86. The van der Waals surface area contributed by atoms with E-state index in [1.54, 1.807) is 13.1 Å². The minimum absolute atomic E-state index is 0.168. The van der Waals surface area contributed by atoms with Crippen LogP contribution < -0.4 is 4.90 Å². The van der Waals surface area contributed by atoms with Gasteiger partial charge >= 0.3 is 5.97 Å². The van der Waals surface area contributed by atoms with Gasteiger partial charge in [0.25, 0.3) is 5.91 Å². The number of carboxylic acid groups (broad SMARTS) is 1. The number of aryl methyl sites for hydroxylation is 1. The Morgan fingerprint density at radius 1 is 1.16 bits per heavy atom. The van der Waals surface area contributed by atoms with Gasteiger partial charge in [0.1, 0.15) is 4.88 Å². The molecule has 0 radical (unpaired) electrons. The monoisotopic (exact) mass is 275 g/mol. The number of carbonyl (C=O) groups is 2. The van der Waals surface area contributed by atoms with Crippen LogP contribution in [0.1, 0.15) is 24.9 Å². The van der Waals surface area contributed by atoms with E-state index in [2.05, 4.69) is 0 Å². The molecule has 0 unspecified atom stereocenters. The van der Waals surface area contributed by atoms with Crippen molar-refractivity contribution in [3.63, 3.8) is 0 Å². The highest BCUT2D eigenvalue weighted by Crippen LogP contribution is 2.21. The molecule has 5 heteroatoms. The molecule has 0 aliphatic rings. The first-order chi connectivity index (χ1) is 8.99. The van der Waals surface area contributed by atoms with Crippen molar-refractivity contribution < 1.29 is 14.7 Å². The quantitative estimate of drug-likeness (QED) is 0.936. The van der Waals surface area contributed by atoms with Crippen molar-refractivity contribution in [3.8, 4) is 0 Å². The second-order valence-corrected chi connectivity index (χ2v) is 5.26. The lowest BCUT2D eigenvalue weighted by atomic mass is 10.2. The Kier molecular flexibility index (Phi) is 3.66. The minimum atomic E-state index is -1.01. The molecule has 0 aliphatic carbocycles. The van der Waals surface area contributed by atoms with Gasteiger partial charge in [-0.15, -0.1) is 11.3 Å². The molecule has 1 aromatic carbocycles. The van der Waals surface area contributed by atoms with E-state index in [4.69, 9.17) is 5.11 Å². The van der Waals surface area contributed by atoms with Crippen LogP contribution in [0.25, 0.3) is 0 Å². The minimum Gasteiger partial charge on any atom is -0.477 e. The number of aromatic carboxylic acids is 1. The highest BCUT2D eigenvalue weighted by Gasteiger charge is 2.17. The molecule has 0 saturated heterocycles. The van der Waals surface area contributed by atoms with E-state index in [1.807, 2.05) is 31.2 Å². The Balaban J connectivity index is 2.25. The van der Waals surface area contributed by atoms with Crippen LogP contribution in [0.5, 0.6) is 0 Å². The molecule has 0 bridgehead atoms. The largest absolute Gasteiger partial charge is 0.477 e. The van der Waals surface area contributed by atoms with Gasteiger partial charge in [-0.25, -0.2) is 4.79 Å². The molecule has 0 saturated carbocycles. The lowest BCUT2D eigenvalue weighted by Crippen LogP contribution is -2.25. The first kappa shape index (κ1) is 13.3. The molecule has 1 heterocycles. The van der Waals surface area contributed by atoms with E-state index in [0.29, 0.717) is 4.88 Å². The number of benzene rings is 1. The molecule has 2 rings (SSSR count). The van der Waals surface area contributed by atoms with Gasteiger partial charge in [-0.1, -0.05) is 12.1 Å². The standard InChI is InChI=1S/C14H13NO3S/c1-9-4-3-5-10(8-9)15(2)13(16)11-6-7-12(19-11)14(17)18/h3-8H,1-2H3,(H,17,18). The van der Waals surface area contributed by atoms with Crippen molar-refractivity contribution in [1.82, 2.24) is 0 Å². The second-order valence-electron chi connectivity index (χ2n) is 4.17. The average molecular weight is 275 g/mol. The molecule has 0 aliphatic heterocycles. The number of carboxylic acids is 1. The van der Waals surface area contributed by atoms with Crippen molar-refractivity contribution >= 4 is 28.9 Å². The first-order valence-electron chi connectivity index (χ1n) is 5.67. The summed E-state index contributed by atoms with van der Waals surface area (Å²) in [6.07, 6.45) is 0. The molecule has 98 valence electrons. The van der Waals surface area contributed by atoms with Gasteiger partial charge in [0.2, 0.25) is 0 Å². The smallest absolute Gasteiger partial charge is 0.345 e. The zero-order valence-electron chi connectivity index (χ0n) is 10.6. The van der Waals surface area contributed by atoms with Crippen LogP contribution in [0.2, 0.25) is 0 Å². The molecule has 0 atom stereocenters. The number of amides is 1. The summed E-state index contributed by atoms with van der Waals surface area (Å²) in [5.41, 5.74) is 1.85. The second kappa shape index (κ2) is 5.24. The van der Waals surface area contributed by atoms with Gasteiger partial charge < -0.3 is 10.0 Å². The summed E-state index contributed by atoms with van der Waals surface area (Å²) in [5.74, 6) is -1.22. The van der Waals surface area contributed by atoms with Crippen LogP contribution in [0.15, 0.2) is 36.4 Å². The molecular weight excluding hydrogens is 262 g/mol. The summed E-state index contributed by atoms with van der Waals surface area (Å²) in [6, 6.07) is 10.6. The van der Waals surface area contributed by atoms with Crippen molar-refractivity contribution in [2.75, 3.05) is 11.9 Å². The number of hydrogen-bond acceptors (Lipinski definition) is 3. The summed E-state index contributed by atoms with van der Waals surface area (Å²) < 4.78 is 0. The van der Waals surface area contributed by atoms with E-state index < -0.39 is 5.97 Å². The molecule has 4 nitrogen and oxygen atoms in total. The van der Waals surface area contributed by atoms with Crippen molar-refractivity contribution in [2.24, 2.45) is 0 Å². The fourth-order valence-electron chi connectivity index (χ4n) is 1.69. The highest BCUT2D eigenvalue weighted by atomic mass is 32.1. The lowest BCUT2D eigenvalue weighted by Gasteiger charge is -2.16. The fourth-order valence-corrected chi connectivity index (χ4v) is 2.51. The maximum atomic E-state index is 12.2. The predicted molar refractivity (Wildman–Crippen MR) is 75.2 cm³/mol. The van der Waals surface area contributed by atoms with Gasteiger partial charge in [-0.3, -0.25) is 4.79 Å². The number of rotatable bonds is 3. The lowest BCUT2D eigenvalue weighted by molar-refractivity contribution is 0.0702. The zero-order chi connectivity index (χ0) is 14.0. The first-order valence-corrected chi connectivity index (χ1v) is 6.48. The van der Waals surface area contributed by atoms with Gasteiger partial charge in [-0.2, -0.15) is 0 Å². The van der Waals surface area contributed by atoms with Gasteiger partial charge in [0, 0.05) is 12.7 Å². The molecule has 0 spiro atoms. The van der Waals surface area contributed by atoms with Crippen LogP contribution in [-0.4, -0.2) is 24.0 Å². The summed E-state index contributed by atoms with van der Waals surface area (Å²) in [7, 11) is 1.68. The van der Waals surface area contributed by atoms with Crippen LogP contribution in [-0.2, 0) is 0 Å². The fraction of sp³-hybridized carbons (Fsp3) is 0.143. The summed E-state index contributed by atoms with van der Waals surface area (Å²) >= 11 is 0.986. The molecule has 1 amide bonds. The molecule has 0 fully saturated rings. The maximum absolute atomic E-state index is 12.2. The Morgan fingerprint density at radius 3 is 2.42 bits per heavy atom. The van der Waals surface area contributed by atoms with Gasteiger partial charge in [-0.05, 0) is 36.8 Å². The molecule has 1 aromatic heterocycles. The zero-order valence-corrected chi connectivity index (χ0v) is 11.4. The van der Waals surface area contributed by atoms with Crippen molar-refractivity contribution in [3.05, 3.63) is 51.7 Å². The van der Waals surface area contributed by atoms with E-state index in [9.17, 15) is 9.59 Å². The summed E-state index contributed by atoms with van der Waals surface area (Å²) in [6.45, 7) is 1.95. The number of thiophene rings is 1. The third-order valence-corrected chi connectivity index (χ3v) is 3.78. The SMILES string of the molecule is Cc1cccc(N(C)C(=O)c2ccc(C(=O)O)s2)c1. The Hall–Kier alpha value is -2.14. The summed E-state index contributed by atoms with van der Waals surface area (Å²) in [5, 5.41) is 8.86. The van der Waals surface area contributed by atoms with Gasteiger partial charge in [0.15, 0.2) is 0 Å². The van der Waals surface area contributed by atoms with E-state index >= 15 is 0 Å². The Labute approximate surface area is 114 Å².